The van der Waals surface area contributed by atoms with Crippen molar-refractivity contribution < 1.29 is 9.52 Å². The fourth-order valence-corrected chi connectivity index (χ4v) is 2.13. The molecule has 1 aromatic rings. The van der Waals surface area contributed by atoms with Gasteiger partial charge in [0.1, 0.15) is 5.76 Å². The molecule has 0 amide bonds. The Morgan fingerprint density at radius 3 is 2.47 bits per heavy atom. The molecule has 1 aromatic heterocycles. The van der Waals surface area contributed by atoms with Gasteiger partial charge in [0.05, 0.1) is 6.04 Å². The standard InChI is InChI=1S/C13H22BrNO2/c1-4-13(5-2,9-16)8-15-10(3)11-6-7-12(14)17-11/h6-7,10,15-16H,4-5,8-9H2,1-3H3. The van der Waals surface area contributed by atoms with Crippen molar-refractivity contribution in [3.63, 3.8) is 0 Å². The molecule has 98 valence electrons. The number of aliphatic hydroxyl groups is 1. The van der Waals surface area contributed by atoms with Gasteiger partial charge in [-0.15, -0.1) is 0 Å². The zero-order valence-corrected chi connectivity index (χ0v) is 12.4. The molecular weight excluding hydrogens is 282 g/mol. The summed E-state index contributed by atoms with van der Waals surface area (Å²) in [6.45, 7) is 7.33. The number of hydrogen-bond acceptors (Lipinski definition) is 3. The predicted molar refractivity (Wildman–Crippen MR) is 72.9 cm³/mol. The van der Waals surface area contributed by atoms with Crippen LogP contribution in [0.4, 0.5) is 0 Å². The Balaban J connectivity index is 2.55. The van der Waals surface area contributed by atoms with E-state index in [1.54, 1.807) is 0 Å². The quantitative estimate of drug-likeness (QED) is 0.810. The Bertz CT molecular complexity index is 326. The summed E-state index contributed by atoms with van der Waals surface area (Å²) in [4.78, 5) is 0. The van der Waals surface area contributed by atoms with E-state index in [1.807, 2.05) is 12.1 Å². The summed E-state index contributed by atoms with van der Waals surface area (Å²) >= 11 is 3.30. The van der Waals surface area contributed by atoms with Crippen LogP contribution < -0.4 is 5.32 Å². The van der Waals surface area contributed by atoms with Gasteiger partial charge in [0.15, 0.2) is 4.67 Å². The predicted octanol–water partition coefficient (Wildman–Crippen LogP) is 3.49. The summed E-state index contributed by atoms with van der Waals surface area (Å²) in [5.74, 6) is 0.913. The monoisotopic (exact) mass is 303 g/mol. The van der Waals surface area contributed by atoms with Crippen molar-refractivity contribution in [2.45, 2.75) is 39.7 Å². The number of hydrogen-bond donors (Lipinski definition) is 2. The van der Waals surface area contributed by atoms with Gasteiger partial charge in [-0.1, -0.05) is 13.8 Å². The third-order valence-corrected chi connectivity index (χ3v) is 4.07. The molecule has 1 atom stereocenters. The summed E-state index contributed by atoms with van der Waals surface area (Å²) in [5, 5.41) is 12.9. The highest BCUT2D eigenvalue weighted by Gasteiger charge is 2.26. The van der Waals surface area contributed by atoms with E-state index in [4.69, 9.17) is 4.42 Å². The molecule has 0 aliphatic heterocycles. The third kappa shape index (κ3) is 3.83. The molecule has 0 fully saturated rings. The molecule has 0 aliphatic rings. The minimum atomic E-state index is -0.0158. The topological polar surface area (TPSA) is 45.4 Å². The normalized spacial score (nSPS) is 13.9. The first-order valence-electron chi connectivity index (χ1n) is 6.16. The number of rotatable bonds is 7. The summed E-state index contributed by atoms with van der Waals surface area (Å²) in [6, 6.07) is 4.01. The molecule has 2 N–H and O–H groups in total. The highest BCUT2D eigenvalue weighted by atomic mass is 79.9. The molecule has 3 nitrogen and oxygen atoms in total. The largest absolute Gasteiger partial charge is 0.453 e. The van der Waals surface area contributed by atoms with E-state index < -0.39 is 0 Å². The maximum absolute atomic E-state index is 9.49. The van der Waals surface area contributed by atoms with Crippen molar-refractivity contribution in [2.75, 3.05) is 13.2 Å². The van der Waals surface area contributed by atoms with E-state index in [2.05, 4.69) is 42.0 Å². The molecule has 0 spiro atoms. The molecule has 0 aliphatic carbocycles. The lowest BCUT2D eigenvalue weighted by Crippen LogP contribution is -2.37. The molecule has 1 unspecified atom stereocenters. The van der Waals surface area contributed by atoms with Crippen molar-refractivity contribution in [1.29, 1.82) is 0 Å². The zero-order valence-electron chi connectivity index (χ0n) is 10.8. The van der Waals surface area contributed by atoms with Gasteiger partial charge in [0.25, 0.3) is 0 Å². The zero-order chi connectivity index (χ0) is 12.9. The van der Waals surface area contributed by atoms with E-state index in [0.29, 0.717) is 0 Å². The maximum Gasteiger partial charge on any atom is 0.169 e. The van der Waals surface area contributed by atoms with Crippen LogP contribution in [0.15, 0.2) is 21.2 Å². The Morgan fingerprint density at radius 1 is 1.41 bits per heavy atom. The second-order valence-electron chi connectivity index (χ2n) is 4.61. The lowest BCUT2D eigenvalue weighted by Gasteiger charge is -2.30. The van der Waals surface area contributed by atoms with E-state index in [-0.39, 0.29) is 18.1 Å². The third-order valence-electron chi connectivity index (χ3n) is 3.64. The fraction of sp³-hybridized carbons (Fsp3) is 0.692. The number of aliphatic hydroxyl groups excluding tert-OH is 1. The number of halogens is 1. The second-order valence-corrected chi connectivity index (χ2v) is 5.39. The number of nitrogens with one attached hydrogen (secondary N) is 1. The highest BCUT2D eigenvalue weighted by molar-refractivity contribution is 9.10. The van der Waals surface area contributed by atoms with Gasteiger partial charge in [-0.2, -0.15) is 0 Å². The first-order valence-corrected chi connectivity index (χ1v) is 6.95. The lowest BCUT2D eigenvalue weighted by atomic mass is 9.83. The van der Waals surface area contributed by atoms with Crippen LogP contribution in [-0.4, -0.2) is 18.3 Å². The summed E-state index contributed by atoms with van der Waals surface area (Å²) in [5.41, 5.74) is -0.0158. The Kier molecular flexibility index (Phi) is 5.70. The molecule has 0 saturated carbocycles. The van der Waals surface area contributed by atoms with Crippen molar-refractivity contribution in [1.82, 2.24) is 5.32 Å². The van der Waals surface area contributed by atoms with Crippen LogP contribution in [0.25, 0.3) is 0 Å². The molecule has 4 heteroatoms. The summed E-state index contributed by atoms with van der Waals surface area (Å²) in [6.07, 6.45) is 1.95. The van der Waals surface area contributed by atoms with Crippen LogP contribution in [0, 0.1) is 5.41 Å². The molecule has 0 radical (unpaired) electrons. The van der Waals surface area contributed by atoms with E-state index in [1.165, 1.54) is 0 Å². The fourth-order valence-electron chi connectivity index (χ4n) is 1.81. The summed E-state index contributed by atoms with van der Waals surface area (Å²) in [7, 11) is 0. The van der Waals surface area contributed by atoms with Crippen molar-refractivity contribution in [3.05, 3.63) is 22.6 Å². The smallest absolute Gasteiger partial charge is 0.169 e. The SMILES string of the molecule is CCC(CC)(CO)CNC(C)c1ccc(Br)o1. The van der Waals surface area contributed by atoms with Crippen molar-refractivity contribution in [2.24, 2.45) is 5.41 Å². The van der Waals surface area contributed by atoms with Crippen molar-refractivity contribution in [3.8, 4) is 0 Å². The van der Waals surface area contributed by atoms with E-state index in [9.17, 15) is 5.11 Å². The van der Waals surface area contributed by atoms with Crippen LogP contribution in [0.2, 0.25) is 0 Å². The minimum absolute atomic E-state index is 0.0158. The van der Waals surface area contributed by atoms with Crippen LogP contribution in [0.3, 0.4) is 0 Å². The van der Waals surface area contributed by atoms with Gasteiger partial charge < -0.3 is 14.8 Å². The average molecular weight is 304 g/mol. The van der Waals surface area contributed by atoms with Gasteiger partial charge in [-0.05, 0) is 47.8 Å². The second kappa shape index (κ2) is 6.57. The van der Waals surface area contributed by atoms with Gasteiger partial charge in [0.2, 0.25) is 0 Å². The average Bonchev–Trinajstić information content (AvgIpc) is 2.78. The van der Waals surface area contributed by atoms with E-state index in [0.717, 1.165) is 29.8 Å². The molecule has 1 rings (SSSR count). The van der Waals surface area contributed by atoms with Gasteiger partial charge in [-0.25, -0.2) is 0 Å². The maximum atomic E-state index is 9.49. The molecule has 1 heterocycles. The minimum Gasteiger partial charge on any atom is -0.453 e. The summed E-state index contributed by atoms with van der Waals surface area (Å²) < 4.78 is 6.25. The van der Waals surface area contributed by atoms with Crippen molar-refractivity contribution >= 4 is 15.9 Å². The first kappa shape index (κ1) is 14.7. The highest BCUT2D eigenvalue weighted by Crippen LogP contribution is 2.26. The Morgan fingerprint density at radius 2 is 2.06 bits per heavy atom. The van der Waals surface area contributed by atoms with E-state index >= 15 is 0 Å². The molecule has 0 saturated heterocycles. The lowest BCUT2D eigenvalue weighted by molar-refractivity contribution is 0.109. The molecule has 0 bridgehead atoms. The van der Waals surface area contributed by atoms with Crippen LogP contribution in [-0.2, 0) is 0 Å². The molecular formula is C13H22BrNO2. The van der Waals surface area contributed by atoms with Crippen LogP contribution in [0.1, 0.15) is 45.4 Å². The number of furan rings is 1. The van der Waals surface area contributed by atoms with Gasteiger partial charge in [-0.3, -0.25) is 0 Å². The Hall–Kier alpha value is -0.320. The first-order chi connectivity index (χ1) is 8.06. The molecule has 17 heavy (non-hydrogen) atoms. The van der Waals surface area contributed by atoms with Gasteiger partial charge >= 0.3 is 0 Å². The van der Waals surface area contributed by atoms with Gasteiger partial charge in [0, 0.05) is 18.6 Å². The van der Waals surface area contributed by atoms with Crippen LogP contribution >= 0.6 is 15.9 Å². The van der Waals surface area contributed by atoms with Crippen LogP contribution in [0.5, 0.6) is 0 Å². The molecule has 0 aromatic carbocycles. The Labute approximate surface area is 112 Å².